The molecule has 5 nitrogen and oxygen atoms in total. The largest absolute Gasteiger partial charge is 0.478 e. The second kappa shape index (κ2) is 4.70. The van der Waals surface area contributed by atoms with Crippen LogP contribution in [0.1, 0.15) is 28.8 Å². The molecule has 1 aliphatic carbocycles. The molecule has 0 bridgehead atoms. The standard InChI is InChI=1S/C12H15NO4S/c1-8-10(12(14)15)3-2-4-11(8)18(16,17)13-7-9-5-6-9/h2-4,9,13H,5-7H2,1H3,(H,14,15). The van der Waals surface area contributed by atoms with E-state index in [4.69, 9.17) is 5.11 Å². The summed E-state index contributed by atoms with van der Waals surface area (Å²) in [7, 11) is -3.62. The second-order valence-corrected chi connectivity index (χ2v) is 6.26. The summed E-state index contributed by atoms with van der Waals surface area (Å²) in [6.45, 7) is 1.94. The number of aromatic carboxylic acids is 1. The van der Waals surface area contributed by atoms with Crippen molar-refractivity contribution in [2.24, 2.45) is 5.92 Å². The summed E-state index contributed by atoms with van der Waals surface area (Å²) in [4.78, 5) is 11.0. The number of hydrogen-bond acceptors (Lipinski definition) is 3. The van der Waals surface area contributed by atoms with Crippen LogP contribution in [0.2, 0.25) is 0 Å². The van der Waals surface area contributed by atoms with E-state index in [0.717, 1.165) is 12.8 Å². The SMILES string of the molecule is Cc1c(C(=O)O)cccc1S(=O)(=O)NCC1CC1. The Hall–Kier alpha value is -1.40. The maximum Gasteiger partial charge on any atom is 0.335 e. The molecule has 1 aliphatic rings. The number of rotatable bonds is 5. The highest BCUT2D eigenvalue weighted by Crippen LogP contribution is 2.28. The molecule has 18 heavy (non-hydrogen) atoms. The molecule has 1 fully saturated rings. The van der Waals surface area contributed by atoms with Crippen molar-refractivity contribution in [3.05, 3.63) is 29.3 Å². The van der Waals surface area contributed by atoms with Crippen LogP contribution in [-0.2, 0) is 10.0 Å². The maximum atomic E-state index is 12.1. The first kappa shape index (κ1) is 13.0. The predicted molar refractivity (Wildman–Crippen MR) is 66.1 cm³/mol. The maximum absolute atomic E-state index is 12.1. The molecule has 1 aromatic rings. The van der Waals surface area contributed by atoms with E-state index in [1.54, 1.807) is 0 Å². The summed E-state index contributed by atoms with van der Waals surface area (Å²) >= 11 is 0. The van der Waals surface area contributed by atoms with Gasteiger partial charge in [0.2, 0.25) is 10.0 Å². The zero-order valence-corrected chi connectivity index (χ0v) is 10.8. The average molecular weight is 269 g/mol. The minimum atomic E-state index is -3.62. The van der Waals surface area contributed by atoms with Crippen molar-refractivity contribution in [1.82, 2.24) is 4.72 Å². The lowest BCUT2D eigenvalue weighted by molar-refractivity contribution is 0.0696. The molecule has 2 rings (SSSR count). The van der Waals surface area contributed by atoms with E-state index < -0.39 is 16.0 Å². The van der Waals surface area contributed by atoms with Gasteiger partial charge in [-0.1, -0.05) is 6.07 Å². The normalized spacial score (nSPS) is 15.6. The molecule has 0 saturated heterocycles. The first-order valence-electron chi connectivity index (χ1n) is 5.74. The summed E-state index contributed by atoms with van der Waals surface area (Å²) in [6.07, 6.45) is 2.10. The molecule has 0 radical (unpaired) electrons. The van der Waals surface area contributed by atoms with Crippen LogP contribution >= 0.6 is 0 Å². The molecule has 0 aromatic heterocycles. The molecule has 0 spiro atoms. The summed E-state index contributed by atoms with van der Waals surface area (Å²) < 4.78 is 26.6. The van der Waals surface area contributed by atoms with Crippen molar-refractivity contribution in [2.45, 2.75) is 24.7 Å². The van der Waals surface area contributed by atoms with E-state index in [9.17, 15) is 13.2 Å². The quantitative estimate of drug-likeness (QED) is 0.846. The van der Waals surface area contributed by atoms with E-state index in [2.05, 4.69) is 4.72 Å². The summed E-state index contributed by atoms with van der Waals surface area (Å²) in [5, 5.41) is 8.97. The topological polar surface area (TPSA) is 83.5 Å². The molecule has 6 heteroatoms. The van der Waals surface area contributed by atoms with Crippen molar-refractivity contribution in [3.63, 3.8) is 0 Å². The van der Waals surface area contributed by atoms with Gasteiger partial charge in [-0.25, -0.2) is 17.9 Å². The van der Waals surface area contributed by atoms with Crippen molar-refractivity contribution >= 4 is 16.0 Å². The molecule has 0 amide bonds. The smallest absolute Gasteiger partial charge is 0.335 e. The van der Waals surface area contributed by atoms with Gasteiger partial charge >= 0.3 is 5.97 Å². The Morgan fingerprint density at radius 3 is 2.67 bits per heavy atom. The lowest BCUT2D eigenvalue weighted by Gasteiger charge is -2.10. The highest BCUT2D eigenvalue weighted by atomic mass is 32.2. The minimum Gasteiger partial charge on any atom is -0.478 e. The number of hydrogen-bond donors (Lipinski definition) is 2. The number of carboxylic acid groups (broad SMARTS) is 1. The van der Waals surface area contributed by atoms with Gasteiger partial charge < -0.3 is 5.11 Å². The van der Waals surface area contributed by atoms with Crippen LogP contribution in [0.5, 0.6) is 0 Å². The molecule has 0 aliphatic heterocycles. The second-order valence-electron chi connectivity index (χ2n) is 4.53. The summed E-state index contributed by atoms with van der Waals surface area (Å²) in [6, 6.07) is 4.27. The Morgan fingerprint density at radius 1 is 1.44 bits per heavy atom. The first-order valence-corrected chi connectivity index (χ1v) is 7.22. The fourth-order valence-corrected chi connectivity index (χ4v) is 3.15. The highest BCUT2D eigenvalue weighted by molar-refractivity contribution is 7.89. The Morgan fingerprint density at radius 2 is 2.11 bits per heavy atom. The number of sulfonamides is 1. The molecule has 0 unspecified atom stereocenters. The number of benzene rings is 1. The van der Waals surface area contributed by atoms with Crippen LogP contribution in [0, 0.1) is 12.8 Å². The number of carbonyl (C=O) groups is 1. The van der Waals surface area contributed by atoms with Crippen molar-refractivity contribution in [1.29, 1.82) is 0 Å². The molecule has 1 saturated carbocycles. The highest BCUT2D eigenvalue weighted by Gasteiger charge is 2.25. The molecule has 0 atom stereocenters. The molecule has 2 N–H and O–H groups in total. The van der Waals surface area contributed by atoms with Gasteiger partial charge in [0.25, 0.3) is 0 Å². The van der Waals surface area contributed by atoms with Gasteiger partial charge in [-0.3, -0.25) is 0 Å². The predicted octanol–water partition coefficient (Wildman–Crippen LogP) is 1.38. The van der Waals surface area contributed by atoms with Crippen LogP contribution < -0.4 is 4.72 Å². The summed E-state index contributed by atoms with van der Waals surface area (Å²) in [5.74, 6) is -0.686. The molecule has 98 valence electrons. The monoisotopic (exact) mass is 269 g/mol. The van der Waals surface area contributed by atoms with Crippen LogP contribution in [0.4, 0.5) is 0 Å². The average Bonchev–Trinajstić information content (AvgIpc) is 3.10. The van der Waals surface area contributed by atoms with Crippen molar-refractivity contribution in [2.75, 3.05) is 6.54 Å². The number of carboxylic acids is 1. The third-order valence-corrected chi connectivity index (χ3v) is 4.63. The Bertz CT molecular complexity index is 576. The third kappa shape index (κ3) is 2.70. The van der Waals surface area contributed by atoms with Gasteiger partial charge in [-0.05, 0) is 43.4 Å². The molecule has 1 aromatic carbocycles. The summed E-state index contributed by atoms with van der Waals surface area (Å²) in [5.41, 5.74) is 0.289. The van der Waals surface area contributed by atoms with E-state index >= 15 is 0 Å². The fourth-order valence-electron chi connectivity index (χ4n) is 1.76. The van der Waals surface area contributed by atoms with Gasteiger partial charge in [0, 0.05) is 6.54 Å². The van der Waals surface area contributed by atoms with Crippen LogP contribution in [0.15, 0.2) is 23.1 Å². The molecular weight excluding hydrogens is 254 g/mol. The van der Waals surface area contributed by atoms with E-state index in [1.165, 1.54) is 25.1 Å². The molecular formula is C12H15NO4S. The lowest BCUT2D eigenvalue weighted by Crippen LogP contribution is -2.27. The molecule has 0 heterocycles. The Balaban J connectivity index is 2.31. The van der Waals surface area contributed by atoms with Crippen molar-refractivity contribution in [3.8, 4) is 0 Å². The third-order valence-electron chi connectivity index (χ3n) is 3.06. The van der Waals surface area contributed by atoms with Crippen molar-refractivity contribution < 1.29 is 18.3 Å². The van der Waals surface area contributed by atoms with Crippen LogP contribution in [0.25, 0.3) is 0 Å². The zero-order valence-electron chi connectivity index (χ0n) is 10.0. The van der Waals surface area contributed by atoms with Gasteiger partial charge in [0.05, 0.1) is 10.5 Å². The Kier molecular flexibility index (Phi) is 3.41. The van der Waals surface area contributed by atoms with E-state index in [0.29, 0.717) is 12.5 Å². The number of nitrogens with one attached hydrogen (secondary N) is 1. The van der Waals surface area contributed by atoms with Crippen LogP contribution in [0.3, 0.4) is 0 Å². The van der Waals surface area contributed by atoms with Crippen LogP contribution in [-0.4, -0.2) is 26.0 Å². The lowest BCUT2D eigenvalue weighted by atomic mass is 10.1. The van der Waals surface area contributed by atoms with E-state index in [1.807, 2.05) is 0 Å². The minimum absolute atomic E-state index is 0.0179. The van der Waals surface area contributed by atoms with Gasteiger partial charge in [0.1, 0.15) is 0 Å². The zero-order chi connectivity index (χ0) is 13.3. The first-order chi connectivity index (χ1) is 8.42. The van der Waals surface area contributed by atoms with Gasteiger partial charge in [-0.2, -0.15) is 0 Å². The van der Waals surface area contributed by atoms with E-state index in [-0.39, 0.29) is 16.0 Å². The fraction of sp³-hybridized carbons (Fsp3) is 0.417. The van der Waals surface area contributed by atoms with Gasteiger partial charge in [0.15, 0.2) is 0 Å². The van der Waals surface area contributed by atoms with Gasteiger partial charge in [-0.15, -0.1) is 0 Å². The Labute approximate surface area is 106 Å².